The van der Waals surface area contributed by atoms with Crippen LogP contribution in [0.15, 0.2) is 35.1 Å². The average molecular weight is 278 g/mol. The molecule has 104 valence electrons. The lowest BCUT2D eigenvalue weighted by Crippen LogP contribution is -2.30. The fourth-order valence-corrected chi connectivity index (χ4v) is 1.51. The first-order valence-electron chi connectivity index (χ1n) is 5.43. The normalized spacial score (nSPS) is 10.1. The van der Waals surface area contributed by atoms with Crippen LogP contribution in [-0.2, 0) is 6.61 Å². The Labute approximate surface area is 112 Å². The SMILES string of the molecule is NNC(=O)c1ccoc1COc1cccnc1[N+](=O)[O-]. The number of carbonyl (C=O) groups excluding carboxylic acids is 1. The molecule has 0 atom stereocenters. The van der Waals surface area contributed by atoms with E-state index < -0.39 is 16.6 Å². The standard InChI is InChI=1S/C11H10N4O5/c12-14-11(16)7-3-5-19-9(7)6-20-8-2-1-4-13-10(8)15(17)18/h1-5H,6,12H2,(H,14,16). The lowest BCUT2D eigenvalue weighted by Gasteiger charge is -2.05. The molecule has 0 saturated heterocycles. The van der Waals surface area contributed by atoms with Gasteiger partial charge in [-0.15, -0.1) is 0 Å². The first kappa shape index (κ1) is 13.5. The molecule has 0 unspecified atom stereocenters. The molecule has 0 fully saturated rings. The van der Waals surface area contributed by atoms with E-state index in [1.165, 1.54) is 30.7 Å². The summed E-state index contributed by atoms with van der Waals surface area (Å²) in [6.45, 7) is -0.164. The first-order chi connectivity index (χ1) is 9.63. The van der Waals surface area contributed by atoms with Crippen molar-refractivity contribution in [1.29, 1.82) is 0 Å². The van der Waals surface area contributed by atoms with E-state index in [2.05, 4.69) is 4.98 Å². The van der Waals surface area contributed by atoms with E-state index in [0.717, 1.165) is 0 Å². The van der Waals surface area contributed by atoms with Gasteiger partial charge in [0.05, 0.1) is 11.8 Å². The van der Waals surface area contributed by atoms with Crippen LogP contribution in [0, 0.1) is 10.1 Å². The topological polar surface area (TPSA) is 134 Å². The minimum absolute atomic E-state index is 0.0204. The highest BCUT2D eigenvalue weighted by Gasteiger charge is 2.18. The van der Waals surface area contributed by atoms with Gasteiger partial charge in [0.2, 0.25) is 5.75 Å². The summed E-state index contributed by atoms with van der Waals surface area (Å²) in [6.07, 6.45) is 2.58. The molecule has 0 aliphatic heterocycles. The van der Waals surface area contributed by atoms with Crippen molar-refractivity contribution in [2.24, 2.45) is 5.84 Å². The lowest BCUT2D eigenvalue weighted by atomic mass is 10.2. The Kier molecular flexibility index (Phi) is 3.91. The lowest BCUT2D eigenvalue weighted by molar-refractivity contribution is -0.390. The Morgan fingerprint density at radius 1 is 1.55 bits per heavy atom. The molecule has 0 radical (unpaired) electrons. The number of nitrogens with one attached hydrogen (secondary N) is 1. The highest BCUT2D eigenvalue weighted by atomic mass is 16.6. The Morgan fingerprint density at radius 2 is 2.35 bits per heavy atom. The molecule has 20 heavy (non-hydrogen) atoms. The maximum absolute atomic E-state index is 11.4. The van der Waals surface area contributed by atoms with Gasteiger partial charge < -0.3 is 19.3 Å². The van der Waals surface area contributed by atoms with Gasteiger partial charge >= 0.3 is 5.82 Å². The summed E-state index contributed by atoms with van der Waals surface area (Å²) in [5, 5.41) is 10.8. The number of hydrogen-bond acceptors (Lipinski definition) is 7. The molecule has 2 aromatic rings. The highest BCUT2D eigenvalue weighted by Crippen LogP contribution is 2.24. The van der Waals surface area contributed by atoms with E-state index in [4.69, 9.17) is 15.0 Å². The molecule has 0 saturated carbocycles. The van der Waals surface area contributed by atoms with Crippen molar-refractivity contribution in [3.63, 3.8) is 0 Å². The van der Waals surface area contributed by atoms with Crippen LogP contribution in [0.25, 0.3) is 0 Å². The van der Waals surface area contributed by atoms with Crippen LogP contribution in [0.4, 0.5) is 5.82 Å². The molecule has 0 spiro atoms. The van der Waals surface area contributed by atoms with Crippen LogP contribution in [0.3, 0.4) is 0 Å². The van der Waals surface area contributed by atoms with Gasteiger partial charge in [-0.25, -0.2) is 5.84 Å². The second-order valence-corrected chi connectivity index (χ2v) is 3.60. The minimum atomic E-state index is -0.662. The molecule has 9 heteroatoms. The minimum Gasteiger partial charge on any atom is -0.477 e. The third-order valence-electron chi connectivity index (χ3n) is 2.40. The molecule has 0 aliphatic carbocycles. The van der Waals surface area contributed by atoms with Crippen molar-refractivity contribution < 1.29 is 18.9 Å². The van der Waals surface area contributed by atoms with E-state index in [0.29, 0.717) is 0 Å². The fraction of sp³-hybridized carbons (Fsp3) is 0.0909. The molecular weight excluding hydrogens is 268 g/mol. The van der Waals surface area contributed by atoms with Crippen molar-refractivity contribution in [2.75, 3.05) is 0 Å². The summed E-state index contributed by atoms with van der Waals surface area (Å²) in [7, 11) is 0. The van der Waals surface area contributed by atoms with Crippen LogP contribution in [-0.4, -0.2) is 15.8 Å². The number of amides is 1. The number of nitrogens with zero attached hydrogens (tertiary/aromatic N) is 2. The van der Waals surface area contributed by atoms with Gasteiger partial charge in [-0.2, -0.15) is 0 Å². The van der Waals surface area contributed by atoms with Crippen molar-refractivity contribution in [3.8, 4) is 5.75 Å². The molecule has 0 aromatic carbocycles. The number of aromatic nitrogens is 1. The molecule has 2 rings (SSSR count). The number of hydrogen-bond donors (Lipinski definition) is 2. The van der Waals surface area contributed by atoms with E-state index in [-0.39, 0.29) is 23.7 Å². The van der Waals surface area contributed by atoms with Gasteiger partial charge in [-0.05, 0) is 28.1 Å². The number of nitro groups is 1. The zero-order valence-corrected chi connectivity index (χ0v) is 10.1. The Morgan fingerprint density at radius 3 is 3.05 bits per heavy atom. The molecule has 1 amide bonds. The van der Waals surface area contributed by atoms with Gasteiger partial charge in [0.25, 0.3) is 5.91 Å². The monoisotopic (exact) mass is 278 g/mol. The molecule has 3 N–H and O–H groups in total. The predicted octanol–water partition coefficient (Wildman–Crippen LogP) is 0.765. The Hall–Kier alpha value is -2.94. The molecular formula is C11H10N4O5. The number of hydrazine groups is 1. The maximum Gasteiger partial charge on any atom is 0.406 e. The van der Waals surface area contributed by atoms with E-state index in [1.54, 1.807) is 0 Å². The third-order valence-corrected chi connectivity index (χ3v) is 2.40. The number of rotatable bonds is 5. The summed E-state index contributed by atoms with van der Waals surface area (Å²) in [4.78, 5) is 25.1. The largest absolute Gasteiger partial charge is 0.477 e. The fourth-order valence-electron chi connectivity index (χ4n) is 1.51. The summed E-state index contributed by atoms with van der Waals surface area (Å²) >= 11 is 0. The zero-order chi connectivity index (χ0) is 14.5. The van der Waals surface area contributed by atoms with Gasteiger partial charge in [0.1, 0.15) is 12.8 Å². The Balaban J connectivity index is 2.16. The van der Waals surface area contributed by atoms with Crippen molar-refractivity contribution >= 4 is 11.7 Å². The smallest absolute Gasteiger partial charge is 0.406 e. The number of nitrogens with two attached hydrogens (primary N) is 1. The number of ether oxygens (including phenoxy) is 1. The maximum atomic E-state index is 11.4. The van der Waals surface area contributed by atoms with Gasteiger partial charge in [-0.3, -0.25) is 10.2 Å². The van der Waals surface area contributed by atoms with Crippen LogP contribution in [0.1, 0.15) is 16.1 Å². The number of carbonyl (C=O) groups is 1. The molecule has 2 aromatic heterocycles. The molecule has 0 aliphatic rings. The van der Waals surface area contributed by atoms with Gasteiger partial charge in [-0.1, -0.05) is 0 Å². The number of pyridine rings is 1. The first-order valence-corrected chi connectivity index (χ1v) is 5.43. The van der Waals surface area contributed by atoms with Gasteiger partial charge in [0, 0.05) is 0 Å². The highest BCUT2D eigenvalue weighted by molar-refractivity contribution is 5.94. The third kappa shape index (κ3) is 2.72. The van der Waals surface area contributed by atoms with Crippen molar-refractivity contribution in [2.45, 2.75) is 6.61 Å². The van der Waals surface area contributed by atoms with Crippen LogP contribution < -0.4 is 16.0 Å². The van der Waals surface area contributed by atoms with E-state index in [1.807, 2.05) is 5.43 Å². The summed E-state index contributed by atoms with van der Waals surface area (Å²) in [5.41, 5.74) is 2.15. The van der Waals surface area contributed by atoms with Crippen LogP contribution >= 0.6 is 0 Å². The summed E-state index contributed by atoms with van der Waals surface area (Å²) in [5.74, 6) is 4.25. The van der Waals surface area contributed by atoms with Crippen molar-refractivity contribution in [3.05, 3.63) is 52.1 Å². The van der Waals surface area contributed by atoms with E-state index in [9.17, 15) is 14.9 Å². The van der Waals surface area contributed by atoms with Crippen molar-refractivity contribution in [1.82, 2.24) is 10.4 Å². The zero-order valence-electron chi connectivity index (χ0n) is 10.1. The molecule has 9 nitrogen and oxygen atoms in total. The second-order valence-electron chi connectivity index (χ2n) is 3.60. The second kappa shape index (κ2) is 5.80. The average Bonchev–Trinajstić information content (AvgIpc) is 2.92. The Bertz CT molecular complexity index is 639. The number of furan rings is 1. The summed E-state index contributed by atoms with van der Waals surface area (Å²) < 4.78 is 10.3. The summed E-state index contributed by atoms with van der Waals surface area (Å²) in [6, 6.07) is 4.31. The molecule has 2 heterocycles. The predicted molar refractivity (Wildman–Crippen MR) is 65.6 cm³/mol. The van der Waals surface area contributed by atoms with Gasteiger partial charge in [0.15, 0.2) is 5.76 Å². The quantitative estimate of drug-likeness (QED) is 0.357. The van der Waals surface area contributed by atoms with Crippen LogP contribution in [0.2, 0.25) is 0 Å². The molecule has 0 bridgehead atoms. The van der Waals surface area contributed by atoms with E-state index >= 15 is 0 Å². The number of nitrogen functional groups attached to an aromatic ring is 1. The van der Waals surface area contributed by atoms with Crippen LogP contribution in [0.5, 0.6) is 5.75 Å².